The number of nitrogens with one attached hydrogen (secondary N) is 2. The van der Waals surface area contributed by atoms with Crippen molar-refractivity contribution in [3.8, 4) is 0 Å². The van der Waals surface area contributed by atoms with Crippen LogP contribution in [0.4, 0.5) is 0 Å². The van der Waals surface area contributed by atoms with Gasteiger partial charge >= 0.3 is 0 Å². The highest BCUT2D eigenvalue weighted by molar-refractivity contribution is 7.20. The van der Waals surface area contributed by atoms with Crippen molar-refractivity contribution in [1.82, 2.24) is 10.8 Å². The predicted octanol–water partition coefficient (Wildman–Crippen LogP) is 4.97. The Kier molecular flexibility index (Phi) is 6.40. The molecule has 2 amide bonds. The van der Waals surface area contributed by atoms with E-state index < -0.39 is 5.91 Å². The zero-order valence-corrected chi connectivity index (χ0v) is 17.6. The molecule has 0 fully saturated rings. The van der Waals surface area contributed by atoms with Gasteiger partial charge in [0.25, 0.3) is 11.8 Å². The van der Waals surface area contributed by atoms with E-state index in [0.29, 0.717) is 17.0 Å². The van der Waals surface area contributed by atoms with Crippen LogP contribution in [0.1, 0.15) is 43.5 Å². The molecule has 31 heavy (non-hydrogen) atoms. The van der Waals surface area contributed by atoms with Crippen LogP contribution in [0.15, 0.2) is 84.9 Å². The number of fused-ring (bicyclic) bond motifs is 1. The first kappa shape index (κ1) is 20.8. The van der Waals surface area contributed by atoms with Crippen LogP contribution in [0.25, 0.3) is 10.1 Å². The largest absolute Gasteiger partial charge is 0.352 e. The summed E-state index contributed by atoms with van der Waals surface area (Å²) in [6.07, 6.45) is 0.779. The molecule has 0 bridgehead atoms. The zero-order valence-electron chi connectivity index (χ0n) is 16.7. The van der Waals surface area contributed by atoms with Crippen LogP contribution < -0.4 is 10.8 Å². The van der Waals surface area contributed by atoms with Crippen molar-refractivity contribution in [2.75, 3.05) is 6.54 Å². The SMILES string of the molecule is O=C(NCCC(c1ccccc1)c1ccccc1)c1ccc2sc(C(=O)NO)cc2c1. The molecule has 0 aliphatic carbocycles. The summed E-state index contributed by atoms with van der Waals surface area (Å²) in [5, 5.41) is 12.6. The van der Waals surface area contributed by atoms with Gasteiger partial charge in [0.2, 0.25) is 0 Å². The third kappa shape index (κ3) is 4.82. The molecule has 3 aromatic carbocycles. The predicted molar refractivity (Wildman–Crippen MR) is 123 cm³/mol. The number of carbonyl (C=O) groups excluding carboxylic acids is 2. The van der Waals surface area contributed by atoms with E-state index in [9.17, 15) is 9.59 Å². The number of amides is 2. The van der Waals surface area contributed by atoms with E-state index in [-0.39, 0.29) is 11.8 Å². The Morgan fingerprint density at radius 3 is 2.10 bits per heavy atom. The van der Waals surface area contributed by atoms with Crippen LogP contribution in [0.3, 0.4) is 0 Å². The van der Waals surface area contributed by atoms with Crippen LogP contribution in [0.5, 0.6) is 0 Å². The maximum atomic E-state index is 12.7. The Hall–Kier alpha value is -3.48. The van der Waals surface area contributed by atoms with E-state index in [1.54, 1.807) is 23.7 Å². The Balaban J connectivity index is 1.45. The van der Waals surface area contributed by atoms with Crippen LogP contribution in [-0.4, -0.2) is 23.6 Å². The van der Waals surface area contributed by atoms with Crippen molar-refractivity contribution >= 4 is 33.2 Å². The summed E-state index contributed by atoms with van der Waals surface area (Å²) >= 11 is 1.26. The average Bonchev–Trinajstić information content (AvgIpc) is 3.26. The second-order valence-electron chi connectivity index (χ2n) is 7.22. The summed E-state index contributed by atoms with van der Waals surface area (Å²) in [6, 6.07) is 27.6. The highest BCUT2D eigenvalue weighted by atomic mass is 32.1. The van der Waals surface area contributed by atoms with E-state index in [4.69, 9.17) is 5.21 Å². The summed E-state index contributed by atoms with van der Waals surface area (Å²) in [5.41, 5.74) is 4.62. The molecule has 0 unspecified atom stereocenters. The number of hydroxylamine groups is 1. The molecular formula is C25H22N2O3S. The van der Waals surface area contributed by atoms with Gasteiger partial charge < -0.3 is 5.32 Å². The Bertz CT molecular complexity index is 1150. The quantitative estimate of drug-likeness (QED) is 0.286. The first-order valence-corrected chi connectivity index (χ1v) is 10.8. The van der Waals surface area contributed by atoms with Crippen molar-refractivity contribution in [3.05, 3.63) is 106 Å². The van der Waals surface area contributed by atoms with E-state index in [1.165, 1.54) is 22.5 Å². The lowest BCUT2D eigenvalue weighted by molar-refractivity contribution is 0.0711. The molecule has 1 aromatic heterocycles. The van der Waals surface area contributed by atoms with Gasteiger partial charge in [-0.1, -0.05) is 60.7 Å². The van der Waals surface area contributed by atoms with Crippen LogP contribution in [0, 0.1) is 0 Å². The summed E-state index contributed by atoms with van der Waals surface area (Å²) in [6.45, 7) is 0.535. The number of rotatable bonds is 7. The molecule has 4 rings (SSSR count). The normalized spacial score (nSPS) is 10.9. The second-order valence-corrected chi connectivity index (χ2v) is 8.31. The van der Waals surface area contributed by atoms with Crippen molar-refractivity contribution in [3.63, 3.8) is 0 Å². The van der Waals surface area contributed by atoms with Gasteiger partial charge in [-0.05, 0) is 47.2 Å². The van der Waals surface area contributed by atoms with E-state index in [2.05, 4.69) is 29.6 Å². The minimum Gasteiger partial charge on any atom is -0.352 e. The van der Waals surface area contributed by atoms with Crippen molar-refractivity contribution < 1.29 is 14.8 Å². The fourth-order valence-electron chi connectivity index (χ4n) is 3.68. The minimum atomic E-state index is -0.555. The second kappa shape index (κ2) is 9.55. The molecule has 0 saturated heterocycles. The van der Waals surface area contributed by atoms with Gasteiger partial charge in [0.1, 0.15) is 0 Å². The summed E-state index contributed by atoms with van der Waals surface area (Å²) in [7, 11) is 0. The molecule has 5 nitrogen and oxygen atoms in total. The zero-order chi connectivity index (χ0) is 21.6. The Morgan fingerprint density at radius 2 is 1.48 bits per heavy atom. The molecule has 4 aromatic rings. The fourth-order valence-corrected chi connectivity index (χ4v) is 4.61. The van der Waals surface area contributed by atoms with Gasteiger partial charge in [0.05, 0.1) is 4.88 Å². The molecular weight excluding hydrogens is 408 g/mol. The summed E-state index contributed by atoms with van der Waals surface area (Å²) in [5.74, 6) is -0.511. The van der Waals surface area contributed by atoms with Gasteiger partial charge in [-0.25, -0.2) is 5.48 Å². The van der Waals surface area contributed by atoms with Crippen LogP contribution in [-0.2, 0) is 0 Å². The monoisotopic (exact) mass is 430 g/mol. The number of hydrogen-bond donors (Lipinski definition) is 3. The molecule has 156 valence electrons. The molecule has 0 radical (unpaired) electrons. The van der Waals surface area contributed by atoms with Gasteiger partial charge in [-0.15, -0.1) is 11.3 Å². The third-order valence-electron chi connectivity index (χ3n) is 5.23. The summed E-state index contributed by atoms with van der Waals surface area (Å²) in [4.78, 5) is 24.7. The molecule has 0 aliphatic heterocycles. The van der Waals surface area contributed by atoms with Gasteiger partial charge in [0.15, 0.2) is 0 Å². The highest BCUT2D eigenvalue weighted by Gasteiger charge is 2.15. The Labute approximate surface area is 184 Å². The Morgan fingerprint density at radius 1 is 0.839 bits per heavy atom. The first-order valence-electron chi connectivity index (χ1n) is 10.0. The lowest BCUT2D eigenvalue weighted by Crippen LogP contribution is -2.25. The number of carbonyl (C=O) groups is 2. The molecule has 1 heterocycles. The molecule has 6 heteroatoms. The fraction of sp³-hybridized carbons (Fsp3) is 0.120. The lowest BCUT2D eigenvalue weighted by Gasteiger charge is -2.18. The number of benzene rings is 3. The lowest BCUT2D eigenvalue weighted by atomic mass is 9.88. The topological polar surface area (TPSA) is 78.4 Å². The van der Waals surface area contributed by atoms with Crippen molar-refractivity contribution in [2.45, 2.75) is 12.3 Å². The average molecular weight is 431 g/mol. The highest BCUT2D eigenvalue weighted by Crippen LogP contribution is 2.28. The van der Waals surface area contributed by atoms with Crippen LogP contribution in [0.2, 0.25) is 0 Å². The smallest absolute Gasteiger partial charge is 0.284 e. The van der Waals surface area contributed by atoms with E-state index >= 15 is 0 Å². The minimum absolute atomic E-state index is 0.152. The molecule has 0 atom stereocenters. The maximum Gasteiger partial charge on any atom is 0.284 e. The van der Waals surface area contributed by atoms with E-state index in [0.717, 1.165) is 16.5 Å². The number of thiophene rings is 1. The molecule has 0 spiro atoms. The van der Waals surface area contributed by atoms with Crippen LogP contribution >= 0.6 is 11.3 Å². The van der Waals surface area contributed by atoms with Crippen molar-refractivity contribution in [1.29, 1.82) is 0 Å². The third-order valence-corrected chi connectivity index (χ3v) is 6.34. The maximum absolute atomic E-state index is 12.7. The summed E-state index contributed by atoms with van der Waals surface area (Å²) < 4.78 is 0.878. The van der Waals surface area contributed by atoms with Gasteiger partial charge in [0, 0.05) is 22.7 Å². The molecule has 0 saturated carbocycles. The standard InChI is InChI=1S/C25H22N2O3S/c28-24(19-11-12-22-20(15-19)16-23(31-22)25(29)27-30)26-14-13-21(17-7-3-1-4-8-17)18-9-5-2-6-10-18/h1-12,15-16,21,30H,13-14H2,(H,26,28)(H,27,29). The molecule has 0 aliphatic rings. The van der Waals surface area contributed by atoms with E-state index in [1.807, 2.05) is 42.5 Å². The van der Waals surface area contributed by atoms with Crippen molar-refractivity contribution in [2.24, 2.45) is 0 Å². The molecule has 3 N–H and O–H groups in total. The first-order chi connectivity index (χ1) is 15.2. The van der Waals surface area contributed by atoms with Gasteiger partial charge in [-0.2, -0.15) is 0 Å². The van der Waals surface area contributed by atoms with Gasteiger partial charge in [-0.3, -0.25) is 14.8 Å². The number of hydrogen-bond acceptors (Lipinski definition) is 4.